The maximum Gasteiger partial charge on any atom is 0.291 e. The summed E-state index contributed by atoms with van der Waals surface area (Å²) in [6.45, 7) is 4.36. The summed E-state index contributed by atoms with van der Waals surface area (Å²) >= 11 is 3.35. The van der Waals surface area contributed by atoms with Crippen LogP contribution in [0.25, 0.3) is 0 Å². The third kappa shape index (κ3) is 3.13. The molecule has 0 aliphatic rings. The first-order valence-electron chi connectivity index (χ1n) is 6.02. The van der Waals surface area contributed by atoms with E-state index in [1.165, 1.54) is 6.20 Å². The van der Waals surface area contributed by atoms with Crippen LogP contribution in [0.5, 0.6) is 0 Å². The summed E-state index contributed by atoms with van der Waals surface area (Å²) < 4.78 is 2.42. The third-order valence-electron chi connectivity index (χ3n) is 2.84. The Balaban J connectivity index is 2.13. The van der Waals surface area contributed by atoms with Crippen molar-refractivity contribution in [1.82, 2.24) is 14.8 Å². The molecule has 0 spiro atoms. The zero-order chi connectivity index (χ0) is 14.7. The molecule has 0 aliphatic carbocycles. The van der Waals surface area contributed by atoms with Gasteiger partial charge in [0.05, 0.1) is 15.9 Å². The quantitative estimate of drug-likeness (QED) is 0.668. The van der Waals surface area contributed by atoms with Crippen molar-refractivity contribution in [3.8, 4) is 0 Å². The highest BCUT2D eigenvalue weighted by atomic mass is 79.9. The Bertz CT molecular complexity index is 615. The molecule has 106 valence electrons. The number of rotatable bonds is 5. The molecule has 8 heteroatoms. The van der Waals surface area contributed by atoms with Crippen molar-refractivity contribution in [3.05, 3.63) is 44.8 Å². The molecule has 0 bridgehead atoms. The summed E-state index contributed by atoms with van der Waals surface area (Å²) in [5, 5.41) is 18.2. The van der Waals surface area contributed by atoms with Gasteiger partial charge in [-0.2, -0.15) is 5.10 Å². The molecule has 1 unspecified atom stereocenters. The molecule has 0 saturated carbocycles. The maximum absolute atomic E-state index is 10.8. The van der Waals surface area contributed by atoms with Crippen LogP contribution in [0.4, 0.5) is 11.5 Å². The molecular formula is C12H14BrN5O2. The Morgan fingerprint density at radius 3 is 2.95 bits per heavy atom. The molecule has 7 nitrogen and oxygen atoms in total. The Morgan fingerprint density at radius 2 is 2.35 bits per heavy atom. The van der Waals surface area contributed by atoms with E-state index in [4.69, 9.17) is 0 Å². The normalized spacial score (nSPS) is 12.2. The Morgan fingerprint density at radius 1 is 1.60 bits per heavy atom. The fraction of sp³-hybridized carbons (Fsp3) is 0.333. The van der Waals surface area contributed by atoms with Crippen LogP contribution in [0.1, 0.15) is 12.5 Å². The summed E-state index contributed by atoms with van der Waals surface area (Å²) in [4.78, 5) is 14.5. The van der Waals surface area contributed by atoms with Gasteiger partial charge in [0.15, 0.2) is 0 Å². The van der Waals surface area contributed by atoms with Gasteiger partial charge in [-0.05, 0) is 35.8 Å². The average Bonchev–Trinajstić information content (AvgIpc) is 2.87. The minimum atomic E-state index is -0.440. The lowest BCUT2D eigenvalue weighted by molar-refractivity contribution is -0.385. The minimum Gasteiger partial charge on any atom is -0.365 e. The summed E-state index contributed by atoms with van der Waals surface area (Å²) in [5.41, 5.74) is 0.556. The van der Waals surface area contributed by atoms with Gasteiger partial charge in [0.2, 0.25) is 0 Å². The van der Waals surface area contributed by atoms with Gasteiger partial charge >= 0.3 is 0 Å². The number of nitro groups is 1. The number of anilines is 1. The molecule has 2 rings (SSSR count). The van der Waals surface area contributed by atoms with Gasteiger partial charge in [0, 0.05) is 24.0 Å². The molecular weight excluding hydrogens is 326 g/mol. The van der Waals surface area contributed by atoms with Crippen molar-refractivity contribution in [1.29, 1.82) is 0 Å². The van der Waals surface area contributed by atoms with Crippen molar-refractivity contribution in [3.63, 3.8) is 0 Å². The number of hydrogen-bond donors (Lipinski definition) is 1. The molecule has 1 N–H and O–H groups in total. The van der Waals surface area contributed by atoms with Crippen LogP contribution in [0.2, 0.25) is 0 Å². The lowest BCUT2D eigenvalue weighted by Crippen LogP contribution is -2.23. The molecule has 20 heavy (non-hydrogen) atoms. The van der Waals surface area contributed by atoms with Gasteiger partial charge in [0.1, 0.15) is 12.0 Å². The van der Waals surface area contributed by atoms with E-state index in [1.807, 2.05) is 23.9 Å². The monoisotopic (exact) mass is 339 g/mol. The van der Waals surface area contributed by atoms with Gasteiger partial charge in [0.25, 0.3) is 5.69 Å². The van der Waals surface area contributed by atoms with E-state index in [2.05, 4.69) is 31.3 Å². The number of nitrogens with zero attached hydrogens (tertiary/aromatic N) is 4. The zero-order valence-corrected chi connectivity index (χ0v) is 12.7. The van der Waals surface area contributed by atoms with Crippen molar-refractivity contribution in [2.75, 3.05) is 5.32 Å². The molecule has 0 amide bonds. The van der Waals surface area contributed by atoms with E-state index in [-0.39, 0.29) is 11.7 Å². The highest BCUT2D eigenvalue weighted by molar-refractivity contribution is 9.10. The molecule has 0 fully saturated rings. The molecule has 0 aliphatic heterocycles. The molecule has 2 aromatic heterocycles. The van der Waals surface area contributed by atoms with Gasteiger partial charge in [-0.25, -0.2) is 4.98 Å². The first kappa shape index (κ1) is 14.4. The lowest BCUT2D eigenvalue weighted by Gasteiger charge is -2.16. The van der Waals surface area contributed by atoms with Gasteiger partial charge < -0.3 is 5.32 Å². The first-order chi connectivity index (χ1) is 9.49. The van der Waals surface area contributed by atoms with E-state index in [0.717, 1.165) is 0 Å². The van der Waals surface area contributed by atoms with E-state index >= 15 is 0 Å². The van der Waals surface area contributed by atoms with Gasteiger partial charge in [-0.3, -0.25) is 14.8 Å². The Labute approximate surface area is 124 Å². The van der Waals surface area contributed by atoms with Gasteiger partial charge in [-0.15, -0.1) is 0 Å². The second kappa shape index (κ2) is 6.00. The molecule has 2 heterocycles. The minimum absolute atomic E-state index is 0.00199. The SMILES string of the molecule is Cc1c([N+](=O)[O-])cnc(NC(C)Cn2cccn2)c1Br. The Hall–Kier alpha value is -1.96. The predicted octanol–water partition coefficient (Wildman–Crippen LogP) is 2.76. The average molecular weight is 340 g/mol. The van der Waals surface area contributed by atoms with Crippen LogP contribution >= 0.6 is 15.9 Å². The Kier molecular flexibility index (Phi) is 4.33. The number of aromatic nitrogens is 3. The molecule has 0 radical (unpaired) electrons. The molecule has 0 saturated heterocycles. The summed E-state index contributed by atoms with van der Waals surface area (Å²) in [6, 6.07) is 1.94. The zero-order valence-electron chi connectivity index (χ0n) is 11.1. The van der Waals surface area contributed by atoms with Crippen molar-refractivity contribution < 1.29 is 4.92 Å². The standard InChI is InChI=1S/C12H14BrN5O2/c1-8(7-17-5-3-4-15-17)16-12-11(13)9(2)10(6-14-12)18(19)20/h3-6,8H,7H2,1-2H3,(H,14,16). The van der Waals surface area contributed by atoms with Gasteiger partial charge in [-0.1, -0.05) is 0 Å². The fourth-order valence-electron chi connectivity index (χ4n) is 1.82. The highest BCUT2D eigenvalue weighted by Crippen LogP contribution is 2.30. The molecule has 1 atom stereocenters. The van der Waals surface area contributed by atoms with Crippen molar-refractivity contribution >= 4 is 27.4 Å². The van der Waals surface area contributed by atoms with E-state index in [9.17, 15) is 10.1 Å². The third-order valence-corrected chi connectivity index (χ3v) is 3.81. The number of pyridine rings is 1. The van der Waals surface area contributed by atoms with E-state index < -0.39 is 4.92 Å². The van der Waals surface area contributed by atoms with Crippen LogP contribution in [-0.4, -0.2) is 25.7 Å². The van der Waals surface area contributed by atoms with Crippen LogP contribution in [-0.2, 0) is 6.54 Å². The summed E-state index contributed by atoms with van der Waals surface area (Å²) in [7, 11) is 0. The summed E-state index contributed by atoms with van der Waals surface area (Å²) in [5.74, 6) is 0.591. The number of halogens is 1. The first-order valence-corrected chi connectivity index (χ1v) is 6.81. The highest BCUT2D eigenvalue weighted by Gasteiger charge is 2.18. The van der Waals surface area contributed by atoms with E-state index in [0.29, 0.717) is 22.4 Å². The van der Waals surface area contributed by atoms with Crippen LogP contribution in [0.15, 0.2) is 29.1 Å². The smallest absolute Gasteiger partial charge is 0.291 e. The topological polar surface area (TPSA) is 85.9 Å². The largest absolute Gasteiger partial charge is 0.365 e. The molecule has 2 aromatic rings. The predicted molar refractivity (Wildman–Crippen MR) is 78.6 cm³/mol. The van der Waals surface area contributed by atoms with Crippen LogP contribution < -0.4 is 5.32 Å². The van der Waals surface area contributed by atoms with Crippen molar-refractivity contribution in [2.45, 2.75) is 26.4 Å². The van der Waals surface area contributed by atoms with Crippen molar-refractivity contribution in [2.24, 2.45) is 0 Å². The van der Waals surface area contributed by atoms with E-state index in [1.54, 1.807) is 13.1 Å². The van der Waals surface area contributed by atoms with Crippen LogP contribution in [0.3, 0.4) is 0 Å². The van der Waals surface area contributed by atoms with Crippen LogP contribution in [0, 0.1) is 17.0 Å². The number of hydrogen-bond acceptors (Lipinski definition) is 5. The second-order valence-corrected chi connectivity index (χ2v) is 5.25. The second-order valence-electron chi connectivity index (χ2n) is 4.46. The lowest BCUT2D eigenvalue weighted by atomic mass is 10.2. The maximum atomic E-state index is 10.8. The number of nitrogens with one attached hydrogen (secondary N) is 1. The summed E-state index contributed by atoms with van der Waals surface area (Å²) in [6.07, 6.45) is 4.86. The molecule has 0 aromatic carbocycles. The fourth-order valence-corrected chi connectivity index (χ4v) is 2.24.